The number of allylic oxidation sites excluding steroid dienone is 14. The Bertz CT molecular complexity index is 1380. The molecule has 0 spiro atoms. The molecule has 5 heteroatoms. The van der Waals surface area contributed by atoms with Crippen molar-refractivity contribution in [2.45, 2.75) is 341 Å². The molecule has 1 atom stereocenters. The van der Waals surface area contributed by atoms with Crippen LogP contribution in [-0.2, 0) is 19.1 Å². The normalized spacial score (nSPS) is 12.7. The number of rotatable bonds is 61. The number of unbranched alkanes of at least 4 members (excludes halogenated alkanes) is 39. The molecule has 0 heterocycles. The molecule has 0 rings (SSSR count). The third kappa shape index (κ3) is 63.6. The van der Waals surface area contributed by atoms with Crippen molar-refractivity contribution in [3.8, 4) is 0 Å². The zero-order valence-electron chi connectivity index (χ0n) is 50.5. The number of hydrogen-bond donors (Lipinski definition) is 1. The van der Waals surface area contributed by atoms with Crippen LogP contribution in [0.1, 0.15) is 335 Å². The van der Waals surface area contributed by atoms with Crippen LogP contribution in [0.15, 0.2) is 85.1 Å². The number of esters is 2. The Kier molecular flexibility index (Phi) is 63.8. The minimum atomic E-state index is -0.776. The lowest BCUT2D eigenvalue weighted by Gasteiger charge is -2.15. The first-order chi connectivity index (χ1) is 37.6. The first kappa shape index (κ1) is 73.1. The molecule has 0 fully saturated rings. The van der Waals surface area contributed by atoms with Crippen LogP contribution in [0, 0.1) is 0 Å². The molecule has 1 unspecified atom stereocenters. The van der Waals surface area contributed by atoms with E-state index in [0.29, 0.717) is 12.8 Å². The van der Waals surface area contributed by atoms with Gasteiger partial charge in [-0.3, -0.25) is 9.59 Å². The van der Waals surface area contributed by atoms with E-state index >= 15 is 0 Å². The highest BCUT2D eigenvalue weighted by atomic mass is 16.6. The van der Waals surface area contributed by atoms with Crippen molar-refractivity contribution in [3.63, 3.8) is 0 Å². The fourth-order valence-corrected chi connectivity index (χ4v) is 9.73. The molecule has 1 N–H and O–H groups in total. The second-order valence-electron chi connectivity index (χ2n) is 22.2. The summed E-state index contributed by atoms with van der Waals surface area (Å²) < 4.78 is 10.8. The van der Waals surface area contributed by atoms with Crippen molar-refractivity contribution < 1.29 is 24.2 Å². The van der Waals surface area contributed by atoms with Crippen molar-refractivity contribution in [2.75, 3.05) is 13.2 Å². The Labute approximate surface area is 473 Å². The van der Waals surface area contributed by atoms with E-state index in [0.717, 1.165) is 77.0 Å². The summed E-state index contributed by atoms with van der Waals surface area (Å²) in [7, 11) is 0. The van der Waals surface area contributed by atoms with Gasteiger partial charge in [0, 0.05) is 12.8 Å². The molecule has 0 amide bonds. The van der Waals surface area contributed by atoms with Crippen LogP contribution in [0.5, 0.6) is 0 Å². The van der Waals surface area contributed by atoms with Gasteiger partial charge in [0.2, 0.25) is 0 Å². The maximum Gasteiger partial charge on any atom is 0.306 e. The van der Waals surface area contributed by atoms with Gasteiger partial charge in [-0.15, -0.1) is 0 Å². The van der Waals surface area contributed by atoms with E-state index < -0.39 is 6.10 Å². The Morgan fingerprint density at radius 2 is 0.566 bits per heavy atom. The quantitative estimate of drug-likeness (QED) is 0.0373. The van der Waals surface area contributed by atoms with Gasteiger partial charge in [-0.2, -0.15) is 0 Å². The second-order valence-corrected chi connectivity index (χ2v) is 22.2. The van der Waals surface area contributed by atoms with E-state index in [1.54, 1.807) is 0 Å². The number of aliphatic hydroxyl groups excluding tert-OH is 1. The van der Waals surface area contributed by atoms with Crippen LogP contribution < -0.4 is 0 Å². The summed E-state index contributed by atoms with van der Waals surface area (Å²) in [6.45, 7) is 4.05. The third-order valence-corrected chi connectivity index (χ3v) is 14.7. The van der Waals surface area contributed by atoms with Crippen molar-refractivity contribution in [1.29, 1.82) is 0 Å². The maximum absolute atomic E-state index is 12.3. The number of hydrogen-bond acceptors (Lipinski definition) is 5. The maximum atomic E-state index is 12.3. The SMILES string of the molecule is CC/C=C\C/C=C\C/C=C\C/C=C\C/C=C\CCCCCCCCCCCCCCCC(=O)OC(CO)COC(=O)CCCCCCCCCCCCCCCCCCCCCCC/C=C\C/C=C\CCCCCCC. The van der Waals surface area contributed by atoms with Crippen LogP contribution in [0.2, 0.25) is 0 Å². The van der Waals surface area contributed by atoms with Gasteiger partial charge in [-0.25, -0.2) is 0 Å². The average molecular weight is 1060 g/mol. The monoisotopic (exact) mass is 1060 g/mol. The van der Waals surface area contributed by atoms with E-state index in [1.807, 2.05) is 0 Å². The highest BCUT2D eigenvalue weighted by Crippen LogP contribution is 2.18. The van der Waals surface area contributed by atoms with E-state index in [4.69, 9.17) is 9.47 Å². The summed E-state index contributed by atoms with van der Waals surface area (Å²) in [5.74, 6) is -0.579. The molecule has 0 radical (unpaired) electrons. The highest BCUT2D eigenvalue weighted by Gasteiger charge is 2.16. The molecule has 76 heavy (non-hydrogen) atoms. The molecule has 0 saturated carbocycles. The van der Waals surface area contributed by atoms with E-state index in [1.165, 1.54) is 231 Å². The van der Waals surface area contributed by atoms with Crippen LogP contribution in [0.4, 0.5) is 0 Å². The molecule has 5 nitrogen and oxygen atoms in total. The molecular formula is C71H126O5. The molecule has 0 aliphatic rings. The lowest BCUT2D eigenvalue weighted by atomic mass is 10.0. The highest BCUT2D eigenvalue weighted by molar-refractivity contribution is 5.70. The predicted octanol–water partition coefficient (Wildman–Crippen LogP) is 22.9. The summed E-state index contributed by atoms with van der Waals surface area (Å²) in [5.41, 5.74) is 0. The molecule has 0 saturated heterocycles. The fourth-order valence-electron chi connectivity index (χ4n) is 9.73. The lowest BCUT2D eigenvalue weighted by Crippen LogP contribution is -2.28. The summed E-state index contributed by atoms with van der Waals surface area (Å²) in [6.07, 6.45) is 93.1. The molecule has 0 aromatic heterocycles. The van der Waals surface area contributed by atoms with Gasteiger partial charge in [0.05, 0.1) is 6.61 Å². The van der Waals surface area contributed by atoms with Gasteiger partial charge in [-0.1, -0.05) is 317 Å². The second kappa shape index (κ2) is 66.4. The largest absolute Gasteiger partial charge is 0.462 e. The smallest absolute Gasteiger partial charge is 0.306 e. The lowest BCUT2D eigenvalue weighted by molar-refractivity contribution is -0.161. The minimum absolute atomic E-state index is 0.0654. The Morgan fingerprint density at radius 3 is 0.855 bits per heavy atom. The van der Waals surface area contributed by atoms with Crippen molar-refractivity contribution in [3.05, 3.63) is 85.1 Å². The Hall–Kier alpha value is -2.92. The fraction of sp³-hybridized carbons (Fsp3) is 0.775. The average Bonchev–Trinajstić information content (AvgIpc) is 3.42. The summed E-state index contributed by atoms with van der Waals surface area (Å²) in [5, 5.41) is 9.69. The Morgan fingerprint density at radius 1 is 0.316 bits per heavy atom. The number of carbonyl (C=O) groups is 2. The minimum Gasteiger partial charge on any atom is -0.462 e. The number of carbonyl (C=O) groups excluding carboxylic acids is 2. The van der Waals surface area contributed by atoms with Crippen LogP contribution in [0.3, 0.4) is 0 Å². The summed E-state index contributed by atoms with van der Waals surface area (Å²) in [6, 6.07) is 0. The standard InChI is InChI=1S/C71H126O5/c1-3-5-7-9-11-13-15-17-19-21-23-25-27-29-31-33-34-35-36-38-39-41-43-45-47-49-51-53-55-57-59-61-63-65-70(73)75-68-69(67-72)76-71(74)66-64-62-60-58-56-54-52-50-48-46-44-42-40-37-32-30-28-26-24-22-20-18-16-14-12-10-8-6-4-2/h6,8,12,14-15,17-18,20-21,23-24,26,30,32,69,72H,3-5,7,9-11,13,16,19,22,25,27-29,31,33-68H2,1-2H3/b8-6-,14-12-,17-15-,20-18-,23-21-,26-24-,32-30-. The van der Waals surface area contributed by atoms with Crippen molar-refractivity contribution in [1.82, 2.24) is 0 Å². The first-order valence-electron chi connectivity index (χ1n) is 33.1. The number of aliphatic hydroxyl groups is 1. The molecular weight excluding hydrogens is 933 g/mol. The summed E-state index contributed by atoms with van der Waals surface area (Å²) in [4.78, 5) is 24.6. The van der Waals surface area contributed by atoms with Crippen molar-refractivity contribution in [2.24, 2.45) is 0 Å². The van der Waals surface area contributed by atoms with Gasteiger partial charge < -0.3 is 14.6 Å². The van der Waals surface area contributed by atoms with E-state index in [9.17, 15) is 14.7 Å². The molecule has 0 aliphatic carbocycles. The van der Waals surface area contributed by atoms with Gasteiger partial charge in [0.1, 0.15) is 6.61 Å². The zero-order chi connectivity index (χ0) is 54.8. The topological polar surface area (TPSA) is 72.8 Å². The Balaban J connectivity index is 3.44. The third-order valence-electron chi connectivity index (χ3n) is 14.7. The van der Waals surface area contributed by atoms with Gasteiger partial charge >= 0.3 is 11.9 Å². The molecule has 440 valence electrons. The molecule has 0 aliphatic heterocycles. The van der Waals surface area contributed by atoms with Gasteiger partial charge in [-0.05, 0) is 89.9 Å². The first-order valence-corrected chi connectivity index (χ1v) is 33.1. The molecule has 0 aromatic rings. The van der Waals surface area contributed by atoms with E-state index in [-0.39, 0.29) is 25.2 Å². The zero-order valence-corrected chi connectivity index (χ0v) is 50.5. The van der Waals surface area contributed by atoms with Gasteiger partial charge in [0.25, 0.3) is 0 Å². The predicted molar refractivity (Wildman–Crippen MR) is 334 cm³/mol. The number of ether oxygens (including phenoxy) is 2. The summed E-state index contributed by atoms with van der Waals surface area (Å²) >= 11 is 0. The van der Waals surface area contributed by atoms with Crippen molar-refractivity contribution >= 4 is 11.9 Å². The molecule has 0 bridgehead atoms. The van der Waals surface area contributed by atoms with E-state index in [2.05, 4.69) is 98.9 Å². The van der Waals surface area contributed by atoms with Gasteiger partial charge in [0.15, 0.2) is 6.10 Å². The van der Waals surface area contributed by atoms with Crippen LogP contribution in [0.25, 0.3) is 0 Å². The molecule has 0 aromatic carbocycles. The van der Waals surface area contributed by atoms with Crippen LogP contribution in [-0.4, -0.2) is 36.4 Å². The van der Waals surface area contributed by atoms with Crippen LogP contribution >= 0.6 is 0 Å².